The van der Waals surface area contributed by atoms with Crippen molar-refractivity contribution >= 4 is 0 Å². The van der Waals surface area contributed by atoms with Crippen LogP contribution in [0, 0.1) is 16.7 Å². The number of allylic oxidation sites excluding steroid dienone is 1. The van der Waals surface area contributed by atoms with Crippen LogP contribution in [0.25, 0.3) is 0 Å². The summed E-state index contributed by atoms with van der Waals surface area (Å²) in [4.78, 5) is 0. The quantitative estimate of drug-likeness (QED) is 0.728. The molecule has 2 nitrogen and oxygen atoms in total. The number of hydrogen-bond acceptors (Lipinski definition) is 2. The molecule has 0 amide bonds. The van der Waals surface area contributed by atoms with Gasteiger partial charge >= 0.3 is 0 Å². The van der Waals surface area contributed by atoms with Gasteiger partial charge in [-0.25, -0.2) is 0 Å². The highest BCUT2D eigenvalue weighted by Crippen LogP contribution is 2.65. The highest BCUT2D eigenvalue weighted by Gasteiger charge is 2.64. The molecule has 4 atom stereocenters. The molecule has 2 saturated carbocycles. The van der Waals surface area contributed by atoms with E-state index in [1.807, 2.05) is 0 Å². The normalized spacial score (nSPS) is 47.7. The molecule has 122 valence electrons. The van der Waals surface area contributed by atoms with Gasteiger partial charge in [0.15, 0.2) is 0 Å². The summed E-state index contributed by atoms with van der Waals surface area (Å²) in [6.07, 6.45) is 7.69. The first-order valence-electron chi connectivity index (χ1n) is 9.07. The number of hydrogen-bond donors (Lipinski definition) is 1. The van der Waals surface area contributed by atoms with Crippen LogP contribution in [0.1, 0.15) is 65.7 Å². The van der Waals surface area contributed by atoms with Gasteiger partial charge in [0.05, 0.1) is 18.3 Å². The molecule has 1 spiro atoms. The standard InChI is InChI=1S/C20H30O2/c1-13(2)15-7-9-18(4)11-20(21)14(3)6-5-8-19(20)10-16(17(15)18)22-12-19/h13,16,21H,3,5-12H2,1-2,4H3/t16-,18+,19-,20-/m0/s1. The highest BCUT2D eigenvalue weighted by molar-refractivity contribution is 5.40. The van der Waals surface area contributed by atoms with Crippen LogP contribution in [0.15, 0.2) is 23.3 Å². The highest BCUT2D eigenvalue weighted by atomic mass is 16.5. The molecule has 0 unspecified atom stereocenters. The summed E-state index contributed by atoms with van der Waals surface area (Å²) in [6, 6.07) is 0. The lowest BCUT2D eigenvalue weighted by atomic mass is 9.57. The average Bonchev–Trinajstić information content (AvgIpc) is 2.97. The molecule has 4 aliphatic rings. The zero-order valence-corrected chi connectivity index (χ0v) is 14.4. The molecule has 0 radical (unpaired) electrons. The van der Waals surface area contributed by atoms with Crippen molar-refractivity contribution in [3.05, 3.63) is 23.3 Å². The summed E-state index contributed by atoms with van der Waals surface area (Å²) in [5, 5.41) is 11.8. The second-order valence-corrected chi connectivity index (χ2v) is 8.93. The zero-order chi connectivity index (χ0) is 15.8. The lowest BCUT2D eigenvalue weighted by Gasteiger charge is -2.51. The first kappa shape index (κ1) is 15.0. The van der Waals surface area contributed by atoms with Gasteiger partial charge in [-0.2, -0.15) is 0 Å². The van der Waals surface area contributed by atoms with Crippen molar-refractivity contribution < 1.29 is 9.84 Å². The van der Waals surface area contributed by atoms with Crippen molar-refractivity contribution in [1.82, 2.24) is 0 Å². The molecule has 1 saturated heterocycles. The predicted molar refractivity (Wildman–Crippen MR) is 88.6 cm³/mol. The topological polar surface area (TPSA) is 29.5 Å². The van der Waals surface area contributed by atoms with Gasteiger partial charge in [0.1, 0.15) is 0 Å². The largest absolute Gasteiger partial charge is 0.385 e. The van der Waals surface area contributed by atoms with Crippen molar-refractivity contribution in [2.75, 3.05) is 6.61 Å². The third kappa shape index (κ3) is 1.69. The smallest absolute Gasteiger partial charge is 0.0941 e. The fraction of sp³-hybridized carbons (Fsp3) is 0.800. The maximum Gasteiger partial charge on any atom is 0.0941 e. The Balaban J connectivity index is 1.88. The molecular formula is C20H30O2. The van der Waals surface area contributed by atoms with E-state index in [0.29, 0.717) is 5.92 Å². The minimum absolute atomic E-state index is 0.0740. The van der Waals surface area contributed by atoms with E-state index in [4.69, 9.17) is 4.74 Å². The van der Waals surface area contributed by atoms with Gasteiger partial charge in [0, 0.05) is 5.41 Å². The summed E-state index contributed by atoms with van der Waals surface area (Å²) in [5.41, 5.74) is 3.54. The van der Waals surface area contributed by atoms with Gasteiger partial charge in [-0.05, 0) is 67.4 Å². The molecule has 4 rings (SSSR count). The lowest BCUT2D eigenvalue weighted by molar-refractivity contribution is -0.103. The average molecular weight is 302 g/mol. The van der Waals surface area contributed by atoms with E-state index >= 15 is 0 Å². The van der Waals surface area contributed by atoms with Crippen molar-refractivity contribution in [3.8, 4) is 0 Å². The Morgan fingerprint density at radius 1 is 1.27 bits per heavy atom. The molecule has 0 aromatic carbocycles. The molecule has 1 aliphatic heterocycles. The molecule has 3 aliphatic carbocycles. The molecule has 22 heavy (non-hydrogen) atoms. The number of fused-ring (bicyclic) bond motifs is 3. The first-order valence-corrected chi connectivity index (χ1v) is 9.07. The van der Waals surface area contributed by atoms with Gasteiger partial charge in [-0.15, -0.1) is 0 Å². The molecule has 0 aromatic rings. The summed E-state index contributed by atoms with van der Waals surface area (Å²) in [5.74, 6) is 0.593. The maximum absolute atomic E-state index is 11.8. The van der Waals surface area contributed by atoms with Crippen LogP contribution in [0.4, 0.5) is 0 Å². The Morgan fingerprint density at radius 2 is 2.05 bits per heavy atom. The van der Waals surface area contributed by atoms with Crippen molar-refractivity contribution in [2.45, 2.75) is 77.4 Å². The van der Waals surface area contributed by atoms with Gasteiger partial charge in [-0.1, -0.05) is 32.9 Å². The Hall–Kier alpha value is -0.600. The van der Waals surface area contributed by atoms with Crippen LogP contribution < -0.4 is 0 Å². The maximum atomic E-state index is 11.8. The van der Waals surface area contributed by atoms with E-state index < -0.39 is 5.60 Å². The number of aliphatic hydroxyl groups is 1. The second kappa shape index (κ2) is 4.48. The van der Waals surface area contributed by atoms with E-state index in [1.165, 1.54) is 12.8 Å². The second-order valence-electron chi connectivity index (χ2n) is 8.93. The van der Waals surface area contributed by atoms with Crippen LogP contribution in [-0.4, -0.2) is 23.4 Å². The van der Waals surface area contributed by atoms with Crippen LogP contribution in [-0.2, 0) is 4.74 Å². The molecule has 2 heteroatoms. The minimum atomic E-state index is -0.719. The molecule has 1 heterocycles. The van der Waals surface area contributed by atoms with E-state index in [9.17, 15) is 5.11 Å². The SMILES string of the molecule is C=C1CCC[C@@]23CO[C@@H](C2)C2=C(C(C)C)CC[C@]2(C)C[C@]13O. The van der Waals surface area contributed by atoms with Gasteiger partial charge < -0.3 is 9.84 Å². The third-order valence-corrected chi connectivity index (χ3v) is 7.34. The lowest BCUT2D eigenvalue weighted by Crippen LogP contribution is -2.54. The fourth-order valence-corrected chi connectivity index (χ4v) is 6.13. The van der Waals surface area contributed by atoms with Crippen molar-refractivity contribution in [1.29, 1.82) is 0 Å². The van der Waals surface area contributed by atoms with E-state index in [2.05, 4.69) is 27.4 Å². The first-order chi connectivity index (χ1) is 10.3. The monoisotopic (exact) mass is 302 g/mol. The van der Waals surface area contributed by atoms with Gasteiger partial charge in [0.25, 0.3) is 0 Å². The molecule has 0 aromatic heterocycles. The number of ether oxygens (including phenoxy) is 1. The summed E-state index contributed by atoms with van der Waals surface area (Å²) >= 11 is 0. The molecule has 3 fully saturated rings. The Morgan fingerprint density at radius 3 is 2.77 bits per heavy atom. The number of rotatable bonds is 1. The summed E-state index contributed by atoms with van der Waals surface area (Å²) < 4.78 is 6.33. The third-order valence-electron chi connectivity index (χ3n) is 7.34. The zero-order valence-electron chi connectivity index (χ0n) is 14.4. The molecule has 2 bridgehead atoms. The molecule has 1 N–H and O–H groups in total. The van der Waals surface area contributed by atoms with Gasteiger partial charge in [0.2, 0.25) is 0 Å². The van der Waals surface area contributed by atoms with Crippen LogP contribution in [0.5, 0.6) is 0 Å². The predicted octanol–water partition coefficient (Wildman–Crippen LogP) is 4.39. The van der Waals surface area contributed by atoms with E-state index in [1.54, 1.807) is 11.1 Å². The minimum Gasteiger partial charge on any atom is -0.385 e. The van der Waals surface area contributed by atoms with Crippen molar-refractivity contribution in [3.63, 3.8) is 0 Å². The molecular weight excluding hydrogens is 272 g/mol. The Kier molecular flexibility index (Phi) is 3.05. The van der Waals surface area contributed by atoms with E-state index in [0.717, 1.165) is 44.3 Å². The van der Waals surface area contributed by atoms with Crippen molar-refractivity contribution in [2.24, 2.45) is 16.7 Å². The van der Waals surface area contributed by atoms with Crippen LogP contribution in [0.2, 0.25) is 0 Å². The fourth-order valence-electron chi connectivity index (χ4n) is 6.13. The Bertz CT molecular complexity index is 560. The summed E-state index contributed by atoms with van der Waals surface area (Å²) in [6.45, 7) is 12.0. The van der Waals surface area contributed by atoms with Gasteiger partial charge in [-0.3, -0.25) is 0 Å². The van der Waals surface area contributed by atoms with Crippen LogP contribution in [0.3, 0.4) is 0 Å². The van der Waals surface area contributed by atoms with E-state index in [-0.39, 0.29) is 16.9 Å². The van der Waals surface area contributed by atoms with Crippen LogP contribution >= 0.6 is 0 Å². The summed E-state index contributed by atoms with van der Waals surface area (Å²) in [7, 11) is 0. The Labute approximate surface area is 134 Å².